The van der Waals surface area contributed by atoms with E-state index >= 15 is 0 Å². The molecule has 1 fully saturated rings. The SMILES string of the molecule is O=C(Nc1nc2c(s1)CNCC2)N1CCCCCC1. The van der Waals surface area contributed by atoms with Crippen LogP contribution in [0.5, 0.6) is 0 Å². The molecule has 2 aliphatic rings. The molecule has 1 aromatic heterocycles. The molecule has 0 aliphatic carbocycles. The molecular weight excluding hydrogens is 260 g/mol. The van der Waals surface area contributed by atoms with Crippen molar-refractivity contribution < 1.29 is 4.79 Å². The Morgan fingerprint density at radius 2 is 2.05 bits per heavy atom. The minimum Gasteiger partial charge on any atom is -0.324 e. The lowest BCUT2D eigenvalue weighted by atomic mass is 10.2. The molecule has 2 amide bonds. The molecule has 2 aliphatic heterocycles. The van der Waals surface area contributed by atoms with E-state index < -0.39 is 0 Å². The maximum absolute atomic E-state index is 12.2. The average molecular weight is 280 g/mol. The number of rotatable bonds is 1. The summed E-state index contributed by atoms with van der Waals surface area (Å²) in [5.74, 6) is 0. The summed E-state index contributed by atoms with van der Waals surface area (Å²) in [7, 11) is 0. The smallest absolute Gasteiger partial charge is 0.323 e. The predicted octanol–water partition coefficient (Wildman–Crippen LogP) is 2.20. The van der Waals surface area contributed by atoms with Gasteiger partial charge >= 0.3 is 6.03 Å². The minimum atomic E-state index is 0.0148. The molecule has 6 heteroatoms. The van der Waals surface area contributed by atoms with Crippen LogP contribution in [0, 0.1) is 0 Å². The van der Waals surface area contributed by atoms with E-state index in [-0.39, 0.29) is 6.03 Å². The van der Waals surface area contributed by atoms with E-state index in [1.165, 1.54) is 17.7 Å². The number of fused-ring (bicyclic) bond motifs is 1. The number of nitrogens with zero attached hydrogens (tertiary/aromatic N) is 2. The van der Waals surface area contributed by atoms with Crippen LogP contribution in [0.1, 0.15) is 36.3 Å². The molecule has 3 rings (SSSR count). The molecule has 3 heterocycles. The highest BCUT2D eigenvalue weighted by atomic mass is 32.1. The average Bonchev–Trinajstić information content (AvgIpc) is 2.63. The lowest BCUT2D eigenvalue weighted by molar-refractivity contribution is 0.214. The van der Waals surface area contributed by atoms with Crippen molar-refractivity contribution in [2.45, 2.75) is 38.6 Å². The van der Waals surface area contributed by atoms with Crippen molar-refractivity contribution in [2.24, 2.45) is 0 Å². The molecule has 19 heavy (non-hydrogen) atoms. The highest BCUT2D eigenvalue weighted by Crippen LogP contribution is 2.25. The number of nitrogens with one attached hydrogen (secondary N) is 2. The van der Waals surface area contributed by atoms with E-state index in [0.29, 0.717) is 0 Å². The molecular formula is C13H20N4OS. The van der Waals surface area contributed by atoms with Crippen LogP contribution >= 0.6 is 11.3 Å². The number of likely N-dealkylation sites (tertiary alicyclic amines) is 1. The van der Waals surface area contributed by atoms with E-state index in [1.54, 1.807) is 11.3 Å². The normalized spacial score (nSPS) is 19.7. The van der Waals surface area contributed by atoms with Crippen molar-refractivity contribution in [3.63, 3.8) is 0 Å². The number of amides is 2. The molecule has 0 unspecified atom stereocenters. The van der Waals surface area contributed by atoms with Crippen molar-refractivity contribution in [1.29, 1.82) is 0 Å². The molecule has 0 spiro atoms. The van der Waals surface area contributed by atoms with Gasteiger partial charge in [-0.2, -0.15) is 0 Å². The molecule has 0 radical (unpaired) electrons. The van der Waals surface area contributed by atoms with Gasteiger partial charge in [-0.15, -0.1) is 11.3 Å². The van der Waals surface area contributed by atoms with Gasteiger partial charge in [-0.05, 0) is 12.8 Å². The fraction of sp³-hybridized carbons (Fsp3) is 0.692. The molecule has 0 atom stereocenters. The van der Waals surface area contributed by atoms with E-state index in [2.05, 4.69) is 15.6 Å². The topological polar surface area (TPSA) is 57.3 Å². The van der Waals surface area contributed by atoms with Crippen molar-refractivity contribution in [1.82, 2.24) is 15.2 Å². The first-order valence-electron chi connectivity index (χ1n) is 7.08. The Hall–Kier alpha value is -1.14. The van der Waals surface area contributed by atoms with E-state index in [1.807, 2.05) is 4.90 Å². The highest BCUT2D eigenvalue weighted by Gasteiger charge is 2.19. The number of aromatic nitrogens is 1. The third kappa shape index (κ3) is 3.06. The molecule has 5 nitrogen and oxygen atoms in total. The fourth-order valence-electron chi connectivity index (χ4n) is 2.62. The molecule has 1 aromatic rings. The van der Waals surface area contributed by atoms with E-state index in [0.717, 1.165) is 56.3 Å². The molecule has 1 saturated heterocycles. The van der Waals surface area contributed by atoms with Crippen molar-refractivity contribution in [3.05, 3.63) is 10.6 Å². The minimum absolute atomic E-state index is 0.0148. The van der Waals surface area contributed by atoms with Crippen LogP contribution in [-0.2, 0) is 13.0 Å². The summed E-state index contributed by atoms with van der Waals surface area (Å²) in [5, 5.41) is 7.04. The van der Waals surface area contributed by atoms with Gasteiger partial charge in [0.05, 0.1) is 5.69 Å². The first-order valence-corrected chi connectivity index (χ1v) is 7.90. The van der Waals surface area contributed by atoms with Crippen LogP contribution in [0.15, 0.2) is 0 Å². The second kappa shape index (κ2) is 5.88. The van der Waals surface area contributed by atoms with Crippen LogP contribution in [0.2, 0.25) is 0 Å². The number of thiazole rings is 1. The second-order valence-electron chi connectivity index (χ2n) is 5.15. The van der Waals surface area contributed by atoms with Crippen molar-refractivity contribution in [2.75, 3.05) is 25.0 Å². The summed E-state index contributed by atoms with van der Waals surface area (Å²) < 4.78 is 0. The molecule has 0 bridgehead atoms. The maximum Gasteiger partial charge on any atom is 0.323 e. The summed E-state index contributed by atoms with van der Waals surface area (Å²) >= 11 is 1.60. The van der Waals surface area contributed by atoms with Gasteiger partial charge in [0.25, 0.3) is 0 Å². The van der Waals surface area contributed by atoms with Crippen LogP contribution in [-0.4, -0.2) is 35.5 Å². The van der Waals surface area contributed by atoms with Crippen molar-refractivity contribution in [3.8, 4) is 0 Å². The number of urea groups is 1. The van der Waals surface area contributed by atoms with Gasteiger partial charge in [0.1, 0.15) is 0 Å². The van der Waals surface area contributed by atoms with Gasteiger partial charge in [0, 0.05) is 37.5 Å². The molecule has 0 saturated carbocycles. The summed E-state index contributed by atoms with van der Waals surface area (Å²) in [6.07, 6.45) is 5.67. The van der Waals surface area contributed by atoms with E-state index in [4.69, 9.17) is 0 Å². The first kappa shape index (κ1) is 12.9. The Labute approximate surface area is 117 Å². The zero-order valence-electron chi connectivity index (χ0n) is 11.1. The monoisotopic (exact) mass is 280 g/mol. The summed E-state index contributed by atoms with van der Waals surface area (Å²) in [6, 6.07) is 0.0148. The second-order valence-corrected chi connectivity index (χ2v) is 6.23. The lowest BCUT2D eigenvalue weighted by Crippen LogP contribution is -2.35. The summed E-state index contributed by atoms with van der Waals surface area (Å²) in [5.41, 5.74) is 1.15. The number of hydrogen-bond donors (Lipinski definition) is 2. The molecule has 2 N–H and O–H groups in total. The van der Waals surface area contributed by atoms with Gasteiger partial charge < -0.3 is 10.2 Å². The Kier molecular flexibility index (Phi) is 3.98. The molecule has 104 valence electrons. The Bertz CT molecular complexity index is 428. The standard InChI is InChI=1S/C13H20N4OS/c18-13(17-7-3-1-2-4-8-17)16-12-15-10-5-6-14-9-11(10)19-12/h14H,1-9H2,(H,15,16,18). The zero-order valence-corrected chi connectivity index (χ0v) is 11.9. The maximum atomic E-state index is 12.2. The highest BCUT2D eigenvalue weighted by molar-refractivity contribution is 7.15. The fourth-order valence-corrected chi connectivity index (χ4v) is 3.59. The first-order chi connectivity index (χ1) is 9.33. The van der Waals surface area contributed by atoms with Crippen LogP contribution in [0.25, 0.3) is 0 Å². The van der Waals surface area contributed by atoms with Gasteiger partial charge in [0.15, 0.2) is 5.13 Å². The predicted molar refractivity (Wildman–Crippen MR) is 76.6 cm³/mol. The van der Waals surface area contributed by atoms with Crippen LogP contribution in [0.3, 0.4) is 0 Å². The van der Waals surface area contributed by atoms with Crippen LogP contribution < -0.4 is 10.6 Å². The van der Waals surface area contributed by atoms with Crippen molar-refractivity contribution >= 4 is 22.5 Å². The van der Waals surface area contributed by atoms with Gasteiger partial charge in [0.2, 0.25) is 0 Å². The summed E-state index contributed by atoms with van der Waals surface area (Å²) in [6.45, 7) is 3.61. The number of anilines is 1. The van der Waals surface area contributed by atoms with Gasteiger partial charge in [-0.3, -0.25) is 5.32 Å². The zero-order chi connectivity index (χ0) is 13.1. The lowest BCUT2D eigenvalue weighted by Gasteiger charge is -2.19. The van der Waals surface area contributed by atoms with E-state index in [9.17, 15) is 4.79 Å². The van der Waals surface area contributed by atoms with Crippen LogP contribution in [0.4, 0.5) is 9.93 Å². The Balaban J connectivity index is 1.63. The number of carbonyl (C=O) groups excluding carboxylic acids is 1. The summed E-state index contributed by atoms with van der Waals surface area (Å²) in [4.78, 5) is 19.9. The third-order valence-electron chi connectivity index (χ3n) is 3.71. The Morgan fingerprint density at radius 1 is 1.26 bits per heavy atom. The quantitative estimate of drug-likeness (QED) is 0.829. The Morgan fingerprint density at radius 3 is 2.79 bits per heavy atom. The van der Waals surface area contributed by atoms with Gasteiger partial charge in [-0.25, -0.2) is 9.78 Å². The number of hydrogen-bond acceptors (Lipinski definition) is 4. The largest absolute Gasteiger partial charge is 0.324 e. The molecule has 0 aromatic carbocycles. The number of carbonyl (C=O) groups is 1. The third-order valence-corrected chi connectivity index (χ3v) is 4.72. The van der Waals surface area contributed by atoms with Gasteiger partial charge in [-0.1, -0.05) is 12.8 Å².